The molecule has 4 heteroatoms. The number of anilines is 1. The number of rotatable bonds is 3. The molecule has 2 aromatic carbocycles. The molecular formula is C20H24N2O2. The second-order valence-electron chi connectivity index (χ2n) is 6.74. The number of piperazine rings is 1. The molecule has 1 fully saturated rings. The number of hydrogen-bond donors (Lipinski definition) is 0. The lowest BCUT2D eigenvalue weighted by Crippen LogP contribution is -2.46. The Labute approximate surface area is 143 Å². The Morgan fingerprint density at radius 3 is 2.50 bits per heavy atom. The minimum Gasteiger partial charge on any atom is -0.454 e. The van der Waals surface area contributed by atoms with Crippen LogP contribution in [0.3, 0.4) is 0 Å². The van der Waals surface area contributed by atoms with Gasteiger partial charge in [-0.15, -0.1) is 0 Å². The van der Waals surface area contributed by atoms with E-state index in [0.29, 0.717) is 6.79 Å². The van der Waals surface area contributed by atoms with Gasteiger partial charge in [0.2, 0.25) is 6.79 Å². The molecule has 0 atom stereocenters. The summed E-state index contributed by atoms with van der Waals surface area (Å²) in [6.07, 6.45) is 0. The highest BCUT2D eigenvalue weighted by molar-refractivity contribution is 5.55. The monoisotopic (exact) mass is 324 g/mol. The van der Waals surface area contributed by atoms with Gasteiger partial charge in [0.05, 0.1) is 0 Å². The van der Waals surface area contributed by atoms with Crippen LogP contribution in [0.15, 0.2) is 36.4 Å². The van der Waals surface area contributed by atoms with E-state index in [1.54, 1.807) is 0 Å². The molecule has 0 unspecified atom stereocenters. The Hall–Kier alpha value is -2.20. The van der Waals surface area contributed by atoms with E-state index in [1.807, 2.05) is 6.07 Å². The van der Waals surface area contributed by atoms with Crippen LogP contribution in [-0.2, 0) is 6.54 Å². The summed E-state index contributed by atoms with van der Waals surface area (Å²) < 4.78 is 10.9. The Kier molecular flexibility index (Phi) is 4.07. The Morgan fingerprint density at radius 1 is 0.875 bits per heavy atom. The molecule has 2 aromatic rings. The summed E-state index contributed by atoms with van der Waals surface area (Å²) in [6.45, 7) is 10.0. The standard InChI is InChI=1S/C20H24N2O2/c1-15-3-4-16(2)18(11-15)22-9-7-21(8-10-22)13-17-5-6-19-20(12-17)24-14-23-19/h3-6,11-12H,7-10,13-14H2,1-2H3. The van der Waals surface area contributed by atoms with Gasteiger partial charge in [-0.2, -0.15) is 0 Å². The molecule has 4 rings (SSSR count). The van der Waals surface area contributed by atoms with E-state index in [2.05, 4.69) is 54.0 Å². The highest BCUT2D eigenvalue weighted by Crippen LogP contribution is 2.33. The van der Waals surface area contributed by atoms with Gasteiger partial charge in [-0.3, -0.25) is 4.90 Å². The third kappa shape index (κ3) is 3.06. The SMILES string of the molecule is Cc1ccc(C)c(N2CCN(Cc3ccc4c(c3)OCO4)CC2)c1. The van der Waals surface area contributed by atoms with Crippen molar-refractivity contribution in [3.05, 3.63) is 53.1 Å². The zero-order chi connectivity index (χ0) is 16.5. The summed E-state index contributed by atoms with van der Waals surface area (Å²) in [4.78, 5) is 5.03. The minimum atomic E-state index is 0.341. The quantitative estimate of drug-likeness (QED) is 0.864. The zero-order valence-electron chi connectivity index (χ0n) is 14.4. The molecule has 0 amide bonds. The molecule has 2 aliphatic rings. The van der Waals surface area contributed by atoms with Crippen molar-refractivity contribution in [2.45, 2.75) is 20.4 Å². The molecule has 0 N–H and O–H groups in total. The lowest BCUT2D eigenvalue weighted by molar-refractivity contribution is 0.174. The summed E-state index contributed by atoms with van der Waals surface area (Å²) in [5, 5.41) is 0. The van der Waals surface area contributed by atoms with Gasteiger partial charge in [0, 0.05) is 38.4 Å². The van der Waals surface area contributed by atoms with Crippen molar-refractivity contribution in [2.24, 2.45) is 0 Å². The van der Waals surface area contributed by atoms with Gasteiger partial charge in [0.1, 0.15) is 0 Å². The molecule has 2 heterocycles. The number of aryl methyl sites for hydroxylation is 2. The molecule has 2 aliphatic heterocycles. The largest absolute Gasteiger partial charge is 0.454 e. The second kappa shape index (κ2) is 6.36. The molecule has 4 nitrogen and oxygen atoms in total. The summed E-state index contributed by atoms with van der Waals surface area (Å²) in [6, 6.07) is 13.0. The summed E-state index contributed by atoms with van der Waals surface area (Å²) in [7, 11) is 0. The van der Waals surface area contributed by atoms with E-state index in [-0.39, 0.29) is 0 Å². The lowest BCUT2D eigenvalue weighted by atomic mass is 10.1. The fraction of sp³-hybridized carbons (Fsp3) is 0.400. The lowest BCUT2D eigenvalue weighted by Gasteiger charge is -2.37. The number of fused-ring (bicyclic) bond motifs is 1. The van der Waals surface area contributed by atoms with Crippen LogP contribution in [0.2, 0.25) is 0 Å². The molecule has 126 valence electrons. The fourth-order valence-electron chi connectivity index (χ4n) is 3.50. The van der Waals surface area contributed by atoms with Crippen LogP contribution < -0.4 is 14.4 Å². The topological polar surface area (TPSA) is 24.9 Å². The number of nitrogens with zero attached hydrogens (tertiary/aromatic N) is 2. The van der Waals surface area contributed by atoms with Gasteiger partial charge in [-0.1, -0.05) is 18.2 Å². The van der Waals surface area contributed by atoms with Crippen LogP contribution in [-0.4, -0.2) is 37.9 Å². The predicted molar refractivity (Wildman–Crippen MR) is 96.0 cm³/mol. The molecule has 0 aromatic heterocycles. The number of benzene rings is 2. The van der Waals surface area contributed by atoms with Crippen LogP contribution in [0.25, 0.3) is 0 Å². The first-order chi connectivity index (χ1) is 11.7. The predicted octanol–water partition coefficient (Wildman–Crippen LogP) is 3.35. The van der Waals surface area contributed by atoms with Gasteiger partial charge in [-0.05, 0) is 48.7 Å². The molecule has 0 saturated carbocycles. The van der Waals surface area contributed by atoms with Gasteiger partial charge < -0.3 is 14.4 Å². The van der Waals surface area contributed by atoms with E-state index in [0.717, 1.165) is 44.2 Å². The smallest absolute Gasteiger partial charge is 0.231 e. The van der Waals surface area contributed by atoms with E-state index in [1.165, 1.54) is 22.4 Å². The maximum absolute atomic E-state index is 5.48. The summed E-state index contributed by atoms with van der Waals surface area (Å²) in [5.74, 6) is 1.74. The molecule has 0 spiro atoms. The van der Waals surface area contributed by atoms with E-state index < -0.39 is 0 Å². The van der Waals surface area contributed by atoms with E-state index in [9.17, 15) is 0 Å². The van der Waals surface area contributed by atoms with Gasteiger partial charge in [-0.25, -0.2) is 0 Å². The Bertz CT molecular complexity index is 736. The van der Waals surface area contributed by atoms with E-state index in [4.69, 9.17) is 9.47 Å². The first-order valence-electron chi connectivity index (χ1n) is 8.62. The zero-order valence-corrected chi connectivity index (χ0v) is 14.4. The molecule has 0 aliphatic carbocycles. The van der Waals surface area contributed by atoms with Crippen LogP contribution in [0, 0.1) is 13.8 Å². The van der Waals surface area contributed by atoms with Crippen LogP contribution in [0.5, 0.6) is 11.5 Å². The Morgan fingerprint density at radius 2 is 1.67 bits per heavy atom. The maximum atomic E-state index is 5.48. The molecular weight excluding hydrogens is 300 g/mol. The minimum absolute atomic E-state index is 0.341. The second-order valence-corrected chi connectivity index (χ2v) is 6.74. The normalized spacial score (nSPS) is 17.3. The van der Waals surface area contributed by atoms with Gasteiger partial charge >= 0.3 is 0 Å². The molecule has 24 heavy (non-hydrogen) atoms. The molecule has 1 saturated heterocycles. The number of ether oxygens (including phenoxy) is 2. The van der Waals surface area contributed by atoms with Crippen LogP contribution in [0.1, 0.15) is 16.7 Å². The van der Waals surface area contributed by atoms with Crippen molar-refractivity contribution in [3.8, 4) is 11.5 Å². The first-order valence-corrected chi connectivity index (χ1v) is 8.62. The summed E-state index contributed by atoms with van der Waals surface area (Å²) >= 11 is 0. The van der Waals surface area contributed by atoms with Crippen molar-refractivity contribution in [1.29, 1.82) is 0 Å². The summed E-state index contributed by atoms with van der Waals surface area (Å²) in [5.41, 5.74) is 5.38. The highest BCUT2D eigenvalue weighted by atomic mass is 16.7. The molecule has 0 radical (unpaired) electrons. The average Bonchev–Trinajstić information content (AvgIpc) is 3.06. The van der Waals surface area contributed by atoms with Crippen molar-refractivity contribution < 1.29 is 9.47 Å². The highest BCUT2D eigenvalue weighted by Gasteiger charge is 2.20. The van der Waals surface area contributed by atoms with E-state index >= 15 is 0 Å². The van der Waals surface area contributed by atoms with Crippen LogP contribution in [0.4, 0.5) is 5.69 Å². The van der Waals surface area contributed by atoms with Gasteiger partial charge in [0.25, 0.3) is 0 Å². The molecule has 0 bridgehead atoms. The van der Waals surface area contributed by atoms with Crippen LogP contribution >= 0.6 is 0 Å². The van der Waals surface area contributed by atoms with Crippen molar-refractivity contribution >= 4 is 5.69 Å². The Balaban J connectivity index is 1.38. The van der Waals surface area contributed by atoms with Crippen molar-refractivity contribution in [1.82, 2.24) is 4.90 Å². The third-order valence-corrected chi connectivity index (χ3v) is 4.92. The van der Waals surface area contributed by atoms with Crippen molar-refractivity contribution in [2.75, 3.05) is 37.9 Å². The van der Waals surface area contributed by atoms with Crippen molar-refractivity contribution in [3.63, 3.8) is 0 Å². The fourth-order valence-corrected chi connectivity index (χ4v) is 3.50. The number of hydrogen-bond acceptors (Lipinski definition) is 4. The van der Waals surface area contributed by atoms with Gasteiger partial charge in [0.15, 0.2) is 11.5 Å². The average molecular weight is 324 g/mol. The first kappa shape index (κ1) is 15.3. The third-order valence-electron chi connectivity index (χ3n) is 4.92. The maximum Gasteiger partial charge on any atom is 0.231 e.